The molecule has 0 radical (unpaired) electrons. The Morgan fingerprint density at radius 3 is 2.39 bits per heavy atom. The van der Waals surface area contributed by atoms with Gasteiger partial charge in [0, 0.05) is 43.7 Å². The van der Waals surface area contributed by atoms with Crippen LogP contribution in [-0.2, 0) is 6.54 Å². The molecule has 1 amide bonds. The Bertz CT molecular complexity index is 1210. The van der Waals surface area contributed by atoms with Crippen LogP contribution >= 0.6 is 11.3 Å². The number of hydrogen-bond acceptors (Lipinski definition) is 6. The van der Waals surface area contributed by atoms with Crippen LogP contribution in [0.4, 0.5) is 0 Å². The maximum Gasteiger partial charge on any atom is 0.278 e. The van der Waals surface area contributed by atoms with Crippen molar-refractivity contribution in [3.8, 4) is 22.0 Å². The topological polar surface area (TPSA) is 63.5 Å². The number of ether oxygens (including phenoxy) is 1. The van der Waals surface area contributed by atoms with E-state index in [9.17, 15) is 4.79 Å². The molecular weight excluding hydrogens is 434 g/mol. The predicted molar refractivity (Wildman–Crippen MR) is 129 cm³/mol. The highest BCUT2D eigenvalue weighted by Gasteiger charge is 2.27. The number of para-hydroxylation sites is 1. The summed E-state index contributed by atoms with van der Waals surface area (Å²) < 4.78 is 7.14. The summed E-state index contributed by atoms with van der Waals surface area (Å²) >= 11 is 1.67. The van der Waals surface area contributed by atoms with Gasteiger partial charge in [0.2, 0.25) is 0 Å². The van der Waals surface area contributed by atoms with Crippen LogP contribution in [0.2, 0.25) is 0 Å². The van der Waals surface area contributed by atoms with E-state index >= 15 is 0 Å². The highest BCUT2D eigenvalue weighted by atomic mass is 32.1. The van der Waals surface area contributed by atoms with Crippen molar-refractivity contribution in [2.45, 2.75) is 6.54 Å². The Morgan fingerprint density at radius 1 is 1.00 bits per heavy atom. The molecule has 0 atom stereocenters. The smallest absolute Gasteiger partial charge is 0.278 e. The van der Waals surface area contributed by atoms with Crippen LogP contribution in [0.5, 0.6) is 5.75 Å². The second-order valence-corrected chi connectivity index (χ2v) is 8.76. The van der Waals surface area contributed by atoms with Gasteiger partial charge in [-0.3, -0.25) is 9.69 Å². The SMILES string of the molecule is COc1cn(-c2ccccc2)nc1C(=O)N1CCN(Cc2csc(-c3ccccc3)n2)CC1. The molecule has 0 saturated carbocycles. The third kappa shape index (κ3) is 4.67. The molecule has 1 fully saturated rings. The van der Waals surface area contributed by atoms with Gasteiger partial charge in [-0.15, -0.1) is 11.3 Å². The molecule has 0 unspecified atom stereocenters. The van der Waals surface area contributed by atoms with Crippen molar-refractivity contribution in [3.63, 3.8) is 0 Å². The molecule has 4 aromatic rings. The van der Waals surface area contributed by atoms with E-state index < -0.39 is 0 Å². The van der Waals surface area contributed by atoms with Gasteiger partial charge in [-0.05, 0) is 12.1 Å². The zero-order valence-electron chi connectivity index (χ0n) is 18.4. The number of piperazine rings is 1. The van der Waals surface area contributed by atoms with E-state index in [1.807, 2.05) is 53.4 Å². The Kier molecular flexibility index (Phi) is 6.19. The maximum absolute atomic E-state index is 13.2. The quantitative estimate of drug-likeness (QED) is 0.437. The van der Waals surface area contributed by atoms with E-state index in [1.165, 1.54) is 0 Å². The number of carbonyl (C=O) groups is 1. The van der Waals surface area contributed by atoms with Crippen molar-refractivity contribution >= 4 is 17.2 Å². The van der Waals surface area contributed by atoms with E-state index in [0.717, 1.165) is 41.6 Å². The molecule has 1 aliphatic rings. The van der Waals surface area contributed by atoms with Crippen LogP contribution in [-0.4, -0.2) is 63.8 Å². The Morgan fingerprint density at radius 2 is 1.70 bits per heavy atom. The number of nitrogens with zero attached hydrogens (tertiary/aromatic N) is 5. The Balaban J connectivity index is 1.21. The van der Waals surface area contributed by atoms with E-state index in [2.05, 4.69) is 27.5 Å². The van der Waals surface area contributed by atoms with E-state index in [0.29, 0.717) is 24.5 Å². The number of rotatable bonds is 6. The predicted octanol–water partition coefficient (Wildman–Crippen LogP) is 3.96. The summed E-state index contributed by atoms with van der Waals surface area (Å²) in [7, 11) is 1.57. The number of hydrogen-bond donors (Lipinski definition) is 0. The van der Waals surface area contributed by atoms with Gasteiger partial charge in [-0.1, -0.05) is 48.5 Å². The lowest BCUT2D eigenvalue weighted by molar-refractivity contribution is 0.0618. The summed E-state index contributed by atoms with van der Waals surface area (Å²) in [5, 5.41) is 7.69. The minimum atomic E-state index is -0.0961. The Labute approximate surface area is 196 Å². The number of aromatic nitrogens is 3. The number of carbonyl (C=O) groups excluding carboxylic acids is 1. The summed E-state index contributed by atoms with van der Waals surface area (Å²) in [6, 6.07) is 20.0. The summed E-state index contributed by atoms with van der Waals surface area (Å²) in [6.07, 6.45) is 1.76. The molecule has 5 rings (SSSR count). The lowest BCUT2D eigenvalue weighted by Gasteiger charge is -2.34. The van der Waals surface area contributed by atoms with Crippen molar-refractivity contribution in [1.29, 1.82) is 0 Å². The van der Waals surface area contributed by atoms with E-state index in [1.54, 1.807) is 29.3 Å². The summed E-state index contributed by atoms with van der Waals surface area (Å²) in [4.78, 5) is 22.2. The minimum Gasteiger partial charge on any atom is -0.493 e. The summed E-state index contributed by atoms with van der Waals surface area (Å²) in [5.74, 6) is 0.392. The fourth-order valence-corrected chi connectivity index (χ4v) is 4.77. The first kappa shape index (κ1) is 21.4. The van der Waals surface area contributed by atoms with Crippen LogP contribution in [0.25, 0.3) is 16.3 Å². The summed E-state index contributed by atoms with van der Waals surface area (Å²) in [5.41, 5.74) is 3.45. The normalized spacial score (nSPS) is 14.4. The molecule has 0 spiro atoms. The standard InChI is InChI=1S/C25H25N5O2S/c1-32-22-17-30(21-10-6-3-7-11-21)27-23(22)25(31)29-14-12-28(13-15-29)16-20-18-33-24(26-20)19-8-4-2-5-9-19/h2-11,17-18H,12-16H2,1H3. The zero-order chi connectivity index (χ0) is 22.6. The minimum absolute atomic E-state index is 0.0961. The van der Waals surface area contributed by atoms with Gasteiger partial charge in [0.25, 0.3) is 5.91 Å². The fraction of sp³-hybridized carbons (Fsp3) is 0.240. The van der Waals surface area contributed by atoms with Crippen LogP contribution in [0.3, 0.4) is 0 Å². The highest BCUT2D eigenvalue weighted by molar-refractivity contribution is 7.13. The molecule has 7 nitrogen and oxygen atoms in total. The lowest BCUT2D eigenvalue weighted by atomic mass is 10.2. The molecular formula is C25H25N5O2S. The molecule has 0 bridgehead atoms. The largest absolute Gasteiger partial charge is 0.493 e. The van der Waals surface area contributed by atoms with E-state index in [4.69, 9.17) is 9.72 Å². The van der Waals surface area contributed by atoms with Crippen molar-refractivity contribution < 1.29 is 9.53 Å². The first-order valence-electron chi connectivity index (χ1n) is 10.9. The summed E-state index contributed by atoms with van der Waals surface area (Å²) in [6.45, 7) is 3.68. The van der Waals surface area contributed by atoms with Gasteiger partial charge in [-0.25, -0.2) is 9.67 Å². The molecule has 1 saturated heterocycles. The number of benzene rings is 2. The molecule has 0 aliphatic carbocycles. The van der Waals surface area contributed by atoms with Crippen LogP contribution in [0.1, 0.15) is 16.2 Å². The van der Waals surface area contributed by atoms with Gasteiger partial charge >= 0.3 is 0 Å². The second-order valence-electron chi connectivity index (χ2n) is 7.90. The van der Waals surface area contributed by atoms with Crippen LogP contribution in [0.15, 0.2) is 72.2 Å². The highest BCUT2D eigenvalue weighted by Crippen LogP contribution is 2.25. The molecule has 33 heavy (non-hydrogen) atoms. The zero-order valence-corrected chi connectivity index (χ0v) is 19.2. The van der Waals surface area contributed by atoms with Gasteiger partial charge < -0.3 is 9.64 Å². The van der Waals surface area contributed by atoms with Crippen molar-refractivity contribution in [2.24, 2.45) is 0 Å². The first-order valence-corrected chi connectivity index (χ1v) is 11.8. The monoisotopic (exact) mass is 459 g/mol. The third-order valence-electron chi connectivity index (χ3n) is 5.74. The number of methoxy groups -OCH3 is 1. The van der Waals surface area contributed by atoms with Gasteiger partial charge in [0.1, 0.15) is 5.01 Å². The molecule has 2 aromatic carbocycles. The third-order valence-corrected chi connectivity index (χ3v) is 6.68. The molecule has 8 heteroatoms. The van der Waals surface area contributed by atoms with Gasteiger partial charge in [-0.2, -0.15) is 5.10 Å². The van der Waals surface area contributed by atoms with Crippen molar-refractivity contribution in [3.05, 3.63) is 83.6 Å². The number of amides is 1. The first-order chi connectivity index (χ1) is 16.2. The lowest BCUT2D eigenvalue weighted by Crippen LogP contribution is -2.48. The molecule has 2 aromatic heterocycles. The second kappa shape index (κ2) is 9.56. The molecule has 3 heterocycles. The average Bonchev–Trinajstić information content (AvgIpc) is 3.53. The van der Waals surface area contributed by atoms with E-state index in [-0.39, 0.29) is 5.91 Å². The van der Waals surface area contributed by atoms with Crippen molar-refractivity contribution in [2.75, 3.05) is 33.3 Å². The van der Waals surface area contributed by atoms with Gasteiger partial charge in [0.05, 0.1) is 24.7 Å². The number of thiazole rings is 1. The van der Waals surface area contributed by atoms with Crippen molar-refractivity contribution in [1.82, 2.24) is 24.6 Å². The molecule has 168 valence electrons. The fourth-order valence-electron chi connectivity index (χ4n) is 3.95. The maximum atomic E-state index is 13.2. The molecule has 0 N–H and O–H groups in total. The van der Waals surface area contributed by atoms with Crippen LogP contribution in [0, 0.1) is 0 Å². The van der Waals surface area contributed by atoms with Gasteiger partial charge in [0.15, 0.2) is 11.4 Å². The molecule has 1 aliphatic heterocycles. The van der Waals surface area contributed by atoms with Crippen LogP contribution < -0.4 is 4.74 Å². The average molecular weight is 460 g/mol. The Hall–Kier alpha value is -3.49.